The highest BCUT2D eigenvalue weighted by Gasteiger charge is 2.20. The van der Waals surface area contributed by atoms with E-state index in [0.29, 0.717) is 19.5 Å². The monoisotopic (exact) mass is 332 g/mol. The standard InChI is InChI=1S/C12H17BrN2O2S/c13-11-2-3-12(10(8-11)9-14)15-4-1-6-18(16,17)7-5-15/h2-3,8H,1,4-7,9,14H2. The molecular formula is C12H17BrN2O2S. The van der Waals surface area contributed by atoms with Gasteiger partial charge < -0.3 is 10.6 Å². The van der Waals surface area contributed by atoms with E-state index in [-0.39, 0.29) is 11.5 Å². The van der Waals surface area contributed by atoms with Gasteiger partial charge in [0.05, 0.1) is 11.5 Å². The third-order valence-electron chi connectivity index (χ3n) is 3.16. The van der Waals surface area contributed by atoms with Crippen molar-refractivity contribution in [3.8, 4) is 0 Å². The number of nitrogens with two attached hydrogens (primary N) is 1. The first-order chi connectivity index (χ1) is 8.52. The van der Waals surface area contributed by atoms with Gasteiger partial charge in [0, 0.05) is 29.8 Å². The highest BCUT2D eigenvalue weighted by molar-refractivity contribution is 9.10. The summed E-state index contributed by atoms with van der Waals surface area (Å²) in [5.74, 6) is 0.519. The van der Waals surface area contributed by atoms with Crippen molar-refractivity contribution in [3.05, 3.63) is 28.2 Å². The van der Waals surface area contributed by atoms with E-state index in [2.05, 4.69) is 20.8 Å². The van der Waals surface area contributed by atoms with Gasteiger partial charge in [-0.3, -0.25) is 0 Å². The molecule has 4 nitrogen and oxygen atoms in total. The van der Waals surface area contributed by atoms with Crippen molar-refractivity contribution in [1.29, 1.82) is 0 Å². The van der Waals surface area contributed by atoms with E-state index in [1.807, 2.05) is 18.2 Å². The van der Waals surface area contributed by atoms with Gasteiger partial charge in [0.2, 0.25) is 0 Å². The van der Waals surface area contributed by atoms with E-state index < -0.39 is 9.84 Å². The molecule has 0 amide bonds. The Morgan fingerprint density at radius 3 is 2.78 bits per heavy atom. The van der Waals surface area contributed by atoms with Gasteiger partial charge >= 0.3 is 0 Å². The Bertz CT molecular complexity index is 531. The van der Waals surface area contributed by atoms with Crippen molar-refractivity contribution < 1.29 is 8.42 Å². The molecule has 0 saturated carbocycles. The molecule has 0 aliphatic carbocycles. The summed E-state index contributed by atoms with van der Waals surface area (Å²) in [5, 5.41) is 0. The number of hydrogen-bond donors (Lipinski definition) is 1. The van der Waals surface area contributed by atoms with Crippen LogP contribution in [-0.2, 0) is 16.4 Å². The fourth-order valence-electron chi connectivity index (χ4n) is 2.21. The van der Waals surface area contributed by atoms with E-state index >= 15 is 0 Å². The summed E-state index contributed by atoms with van der Waals surface area (Å²) in [5.41, 5.74) is 7.85. The summed E-state index contributed by atoms with van der Waals surface area (Å²) in [6.45, 7) is 1.78. The molecule has 1 aliphatic heterocycles. The van der Waals surface area contributed by atoms with Crippen molar-refractivity contribution in [1.82, 2.24) is 0 Å². The van der Waals surface area contributed by atoms with Crippen LogP contribution in [0, 0.1) is 0 Å². The molecule has 6 heteroatoms. The summed E-state index contributed by atoms with van der Waals surface area (Å²) < 4.78 is 24.2. The number of rotatable bonds is 2. The van der Waals surface area contributed by atoms with Gasteiger partial charge in [-0.05, 0) is 30.2 Å². The predicted molar refractivity (Wildman–Crippen MR) is 77.5 cm³/mol. The van der Waals surface area contributed by atoms with Crippen LogP contribution in [0.3, 0.4) is 0 Å². The van der Waals surface area contributed by atoms with Crippen LogP contribution in [0.15, 0.2) is 22.7 Å². The number of anilines is 1. The molecule has 18 heavy (non-hydrogen) atoms. The molecule has 1 saturated heterocycles. The third-order valence-corrected chi connectivity index (χ3v) is 5.37. The van der Waals surface area contributed by atoms with Crippen LogP contribution in [0.25, 0.3) is 0 Å². The molecule has 1 aliphatic rings. The van der Waals surface area contributed by atoms with Crippen molar-refractivity contribution in [2.75, 3.05) is 29.5 Å². The first-order valence-corrected chi connectivity index (χ1v) is 8.57. The second kappa shape index (κ2) is 5.59. The number of hydrogen-bond acceptors (Lipinski definition) is 4. The number of halogens is 1. The van der Waals surface area contributed by atoms with Crippen LogP contribution in [0.5, 0.6) is 0 Å². The van der Waals surface area contributed by atoms with Crippen LogP contribution in [0.4, 0.5) is 5.69 Å². The Labute approximate surface area is 116 Å². The van der Waals surface area contributed by atoms with Gasteiger partial charge in [0.1, 0.15) is 0 Å². The number of sulfone groups is 1. The molecule has 1 heterocycles. The minimum absolute atomic E-state index is 0.229. The lowest BCUT2D eigenvalue weighted by Gasteiger charge is -2.24. The molecule has 1 aromatic carbocycles. The predicted octanol–water partition coefficient (Wildman–Crippen LogP) is 1.53. The first kappa shape index (κ1) is 13.8. The maximum Gasteiger partial charge on any atom is 0.152 e. The van der Waals surface area contributed by atoms with E-state index in [4.69, 9.17) is 5.73 Å². The molecule has 0 atom stereocenters. The minimum Gasteiger partial charge on any atom is -0.370 e. The zero-order valence-corrected chi connectivity index (χ0v) is 12.5. The Morgan fingerprint density at radius 1 is 1.28 bits per heavy atom. The van der Waals surface area contributed by atoms with Crippen LogP contribution in [0.1, 0.15) is 12.0 Å². The molecule has 1 aromatic rings. The van der Waals surface area contributed by atoms with Crippen molar-refractivity contribution >= 4 is 31.5 Å². The lowest BCUT2D eigenvalue weighted by molar-refractivity contribution is 0.597. The van der Waals surface area contributed by atoms with Crippen LogP contribution >= 0.6 is 15.9 Å². The van der Waals surface area contributed by atoms with Gasteiger partial charge in [0.25, 0.3) is 0 Å². The lowest BCUT2D eigenvalue weighted by Crippen LogP contribution is -2.28. The molecule has 1 fully saturated rings. The van der Waals surface area contributed by atoms with Crippen LogP contribution < -0.4 is 10.6 Å². The average Bonchev–Trinajstić information content (AvgIpc) is 2.50. The molecule has 0 bridgehead atoms. The molecule has 0 spiro atoms. The zero-order chi connectivity index (χ0) is 13.2. The van der Waals surface area contributed by atoms with E-state index in [9.17, 15) is 8.42 Å². The summed E-state index contributed by atoms with van der Waals surface area (Å²) >= 11 is 3.42. The van der Waals surface area contributed by atoms with Gasteiger partial charge in [-0.25, -0.2) is 8.42 Å². The Morgan fingerprint density at radius 2 is 2.06 bits per heavy atom. The minimum atomic E-state index is -2.87. The smallest absolute Gasteiger partial charge is 0.152 e. The normalized spacial score (nSPS) is 19.6. The maximum absolute atomic E-state index is 11.6. The maximum atomic E-state index is 11.6. The first-order valence-electron chi connectivity index (χ1n) is 5.96. The summed E-state index contributed by atoms with van der Waals surface area (Å²) in [6.07, 6.45) is 0.683. The van der Waals surface area contributed by atoms with Gasteiger partial charge in [0.15, 0.2) is 9.84 Å². The van der Waals surface area contributed by atoms with E-state index in [1.54, 1.807) is 0 Å². The SMILES string of the molecule is NCc1cc(Br)ccc1N1CCCS(=O)(=O)CC1. The van der Waals surface area contributed by atoms with Gasteiger partial charge in [-0.2, -0.15) is 0 Å². The fourth-order valence-corrected chi connectivity index (χ4v) is 3.89. The molecule has 2 rings (SSSR count). The summed E-state index contributed by atoms with van der Waals surface area (Å²) in [4.78, 5) is 2.12. The van der Waals surface area contributed by atoms with Gasteiger partial charge in [-0.1, -0.05) is 15.9 Å². The average molecular weight is 333 g/mol. The van der Waals surface area contributed by atoms with Crippen LogP contribution in [0.2, 0.25) is 0 Å². The van der Waals surface area contributed by atoms with Gasteiger partial charge in [-0.15, -0.1) is 0 Å². The molecule has 0 radical (unpaired) electrons. The summed E-state index contributed by atoms with van der Waals surface area (Å²) in [6, 6.07) is 5.97. The zero-order valence-electron chi connectivity index (χ0n) is 10.1. The molecule has 100 valence electrons. The second-order valence-corrected chi connectivity index (χ2v) is 7.69. The Balaban J connectivity index is 2.26. The molecule has 0 aromatic heterocycles. The highest BCUT2D eigenvalue weighted by atomic mass is 79.9. The van der Waals surface area contributed by atoms with Crippen LogP contribution in [-0.4, -0.2) is 33.0 Å². The van der Waals surface area contributed by atoms with E-state index in [0.717, 1.165) is 22.3 Å². The topological polar surface area (TPSA) is 63.4 Å². The Kier molecular flexibility index (Phi) is 4.29. The third kappa shape index (κ3) is 3.24. The molecule has 2 N–H and O–H groups in total. The quantitative estimate of drug-likeness (QED) is 0.892. The second-order valence-electron chi connectivity index (χ2n) is 4.47. The fraction of sp³-hybridized carbons (Fsp3) is 0.500. The number of nitrogens with zero attached hydrogens (tertiary/aromatic N) is 1. The number of benzene rings is 1. The highest BCUT2D eigenvalue weighted by Crippen LogP contribution is 2.25. The molecule has 0 unspecified atom stereocenters. The largest absolute Gasteiger partial charge is 0.370 e. The van der Waals surface area contributed by atoms with Crippen molar-refractivity contribution in [3.63, 3.8) is 0 Å². The van der Waals surface area contributed by atoms with Crippen molar-refractivity contribution in [2.24, 2.45) is 5.73 Å². The van der Waals surface area contributed by atoms with E-state index in [1.165, 1.54) is 0 Å². The lowest BCUT2D eigenvalue weighted by atomic mass is 10.1. The summed E-state index contributed by atoms with van der Waals surface area (Å²) in [7, 11) is -2.87. The van der Waals surface area contributed by atoms with Crippen molar-refractivity contribution in [2.45, 2.75) is 13.0 Å². The molecular weight excluding hydrogens is 316 g/mol. The Hall–Kier alpha value is -0.590.